The van der Waals surface area contributed by atoms with Gasteiger partial charge in [0.25, 0.3) is 0 Å². The van der Waals surface area contributed by atoms with Crippen molar-refractivity contribution in [2.45, 2.75) is 78.6 Å². The van der Waals surface area contributed by atoms with Crippen LogP contribution in [0.1, 0.15) is 79.0 Å². The van der Waals surface area contributed by atoms with E-state index in [-0.39, 0.29) is 16.2 Å². The number of para-hydroxylation sites is 1. The molecular weight excluding hydrogens is 936 g/mol. The first-order valence-electron chi connectivity index (χ1n) is 26.1. The summed E-state index contributed by atoms with van der Waals surface area (Å²) >= 11 is 3.80. The first-order valence-corrected chi connectivity index (χ1v) is 27.7. The zero-order valence-corrected chi connectivity index (χ0v) is 45.2. The summed E-state index contributed by atoms with van der Waals surface area (Å²) < 4.78 is 13.8. The van der Waals surface area contributed by atoms with Crippen molar-refractivity contribution >= 4 is 126 Å². The van der Waals surface area contributed by atoms with Crippen molar-refractivity contribution in [2.24, 2.45) is 0 Å². The quantitative estimate of drug-likeness (QED) is 0.174. The lowest BCUT2D eigenvalue weighted by atomic mass is 9.58. The minimum atomic E-state index is -0.0606. The van der Waals surface area contributed by atoms with Gasteiger partial charge in [0, 0.05) is 79.5 Å². The first kappa shape index (κ1) is 45.3. The van der Waals surface area contributed by atoms with Crippen molar-refractivity contribution < 1.29 is 4.42 Å². The Morgan fingerprint density at radius 1 is 0.486 bits per heavy atom. The lowest BCUT2D eigenvalue weighted by Gasteiger charge is -2.25. The van der Waals surface area contributed by atoms with Gasteiger partial charge >= 0.3 is 0 Å². The van der Waals surface area contributed by atoms with Gasteiger partial charge in [0.1, 0.15) is 11.2 Å². The van der Waals surface area contributed by atoms with Crippen LogP contribution < -0.4 is 16.2 Å². The Labute approximate surface area is 441 Å². The minimum absolute atomic E-state index is 0.00837. The molecule has 0 radical (unpaired) electrons. The van der Waals surface area contributed by atoms with Crippen molar-refractivity contribution in [3.63, 3.8) is 0 Å². The van der Waals surface area contributed by atoms with Gasteiger partial charge in [-0.3, -0.25) is 0 Å². The average molecular weight is 993 g/mol. The molecule has 14 rings (SSSR count). The van der Waals surface area contributed by atoms with Gasteiger partial charge in [-0.2, -0.15) is 0 Å². The van der Waals surface area contributed by atoms with Crippen LogP contribution in [0.4, 0.5) is 11.4 Å². The van der Waals surface area contributed by atoms with Crippen LogP contribution in [0.15, 0.2) is 174 Å². The SMILES string of the molecule is CC(C)(C)c1ccc(Nc2cc3sc4ccc(C(C)(C)C)cc4c3cc2-c2c3c4c(c5cc(C(C)(C)C)ccc5n4-c4cc5c(-c6ccccc6)c(-c6ccccc6)sc5cc4B3)c3oc4ccccc4c23)cc1. The normalized spacial score (nSPS) is 13.0. The molecule has 3 nitrogen and oxygen atoms in total. The Bertz CT molecular complexity index is 4450. The second-order valence-electron chi connectivity index (χ2n) is 23.8. The predicted octanol–water partition coefficient (Wildman–Crippen LogP) is 18.6. The van der Waals surface area contributed by atoms with E-state index in [0.29, 0.717) is 0 Å². The topological polar surface area (TPSA) is 30.1 Å². The molecule has 5 heterocycles. The molecule has 0 spiro atoms. The molecule has 74 heavy (non-hydrogen) atoms. The fraction of sp³-hybridized carbons (Fsp3) is 0.176. The Morgan fingerprint density at radius 2 is 1.11 bits per heavy atom. The van der Waals surface area contributed by atoms with Crippen molar-refractivity contribution in [1.29, 1.82) is 0 Å². The highest BCUT2D eigenvalue weighted by Gasteiger charge is 2.34. The highest BCUT2D eigenvalue weighted by atomic mass is 32.1. The standard InChI is InChI=1S/C68H57BN2OS2/c1-66(2,3)40-24-28-43(29-25-40)70-51-37-57-46(45-32-42(68(7,8)9)27-31-55(45)73-57)34-47(51)59-60-44-22-16-17-23-54(44)72-64(60)61-48-33-41(67(4,5)6)26-30-52(48)71-53-35-49-56(36-50(53)69-62(59)63(61)71)74-65(39-20-14-11-15-21-39)58(49)38-18-12-10-13-19-38/h10-37,69-70H,1-9H3. The van der Waals surface area contributed by atoms with Crippen molar-refractivity contribution in [2.75, 3.05) is 5.32 Å². The van der Waals surface area contributed by atoms with Crippen LogP contribution in [0.5, 0.6) is 0 Å². The number of rotatable bonds is 5. The molecule has 0 unspecified atom stereocenters. The van der Waals surface area contributed by atoms with E-state index in [1.165, 1.54) is 123 Å². The van der Waals surface area contributed by atoms with Crippen molar-refractivity contribution in [3.05, 3.63) is 187 Å². The lowest BCUT2D eigenvalue weighted by molar-refractivity contribution is 0.590. The first-order chi connectivity index (χ1) is 35.6. The largest absolute Gasteiger partial charge is 0.455 e. The molecule has 0 bridgehead atoms. The maximum Gasteiger partial charge on any atom is 0.198 e. The third-order valence-corrected chi connectivity index (χ3v) is 18.2. The predicted molar refractivity (Wildman–Crippen MR) is 325 cm³/mol. The summed E-state index contributed by atoms with van der Waals surface area (Å²) in [6.45, 7) is 20.8. The number of nitrogens with one attached hydrogen (secondary N) is 1. The third kappa shape index (κ3) is 6.98. The summed E-state index contributed by atoms with van der Waals surface area (Å²) in [7, 11) is 0.755. The van der Waals surface area contributed by atoms with Gasteiger partial charge in [0.15, 0.2) is 7.28 Å². The molecule has 9 aromatic carbocycles. The molecule has 1 N–H and O–H groups in total. The van der Waals surface area contributed by atoms with Crippen molar-refractivity contribution in [3.8, 4) is 38.4 Å². The van der Waals surface area contributed by atoms with Crippen LogP contribution in [0.3, 0.4) is 0 Å². The molecule has 13 aromatic rings. The zero-order valence-electron chi connectivity index (χ0n) is 43.5. The summed E-state index contributed by atoms with van der Waals surface area (Å²) in [4.78, 5) is 1.30. The molecule has 1 aliphatic rings. The molecule has 4 aromatic heterocycles. The number of furan rings is 1. The summed E-state index contributed by atoms with van der Waals surface area (Å²) in [5, 5.41) is 12.6. The summed E-state index contributed by atoms with van der Waals surface area (Å²) in [6, 6.07) is 64.1. The van der Waals surface area contributed by atoms with Gasteiger partial charge in [-0.1, -0.05) is 171 Å². The number of anilines is 2. The second kappa shape index (κ2) is 16.1. The maximum atomic E-state index is 7.35. The molecule has 6 heteroatoms. The number of nitrogens with zero attached hydrogens (tertiary/aromatic N) is 1. The van der Waals surface area contributed by atoms with Crippen LogP contribution in [0.25, 0.3) is 112 Å². The molecule has 0 aliphatic carbocycles. The summed E-state index contributed by atoms with van der Waals surface area (Å²) in [5.74, 6) is 0. The summed E-state index contributed by atoms with van der Waals surface area (Å²) in [6.07, 6.45) is 0. The average Bonchev–Trinajstić information content (AvgIpc) is 4.15. The van der Waals surface area contributed by atoms with Gasteiger partial charge in [-0.25, -0.2) is 0 Å². The Kier molecular flexibility index (Phi) is 9.82. The van der Waals surface area contributed by atoms with E-state index in [1.54, 1.807) is 0 Å². The van der Waals surface area contributed by atoms with Crippen LogP contribution >= 0.6 is 22.7 Å². The van der Waals surface area contributed by atoms with Crippen molar-refractivity contribution in [1.82, 2.24) is 4.57 Å². The number of fused-ring (bicyclic) bond motifs is 13. The highest BCUT2D eigenvalue weighted by molar-refractivity contribution is 7.26. The number of benzene rings is 9. The second-order valence-corrected chi connectivity index (χ2v) is 25.9. The molecule has 360 valence electrons. The molecule has 0 saturated heterocycles. The fourth-order valence-corrected chi connectivity index (χ4v) is 14.3. The number of hydrogen-bond acceptors (Lipinski definition) is 4. The molecule has 0 saturated carbocycles. The van der Waals surface area contributed by atoms with E-state index in [9.17, 15) is 0 Å². The Balaban J connectivity index is 1.14. The van der Waals surface area contributed by atoms with Gasteiger partial charge in [0.05, 0.1) is 16.4 Å². The number of hydrogen-bond donors (Lipinski definition) is 1. The third-order valence-electron chi connectivity index (χ3n) is 15.9. The van der Waals surface area contributed by atoms with Gasteiger partial charge in [-0.15, -0.1) is 22.7 Å². The van der Waals surface area contributed by atoms with Crippen LogP contribution in [-0.4, -0.2) is 11.8 Å². The fourth-order valence-electron chi connectivity index (χ4n) is 11.9. The zero-order chi connectivity index (χ0) is 50.6. The van der Waals surface area contributed by atoms with Gasteiger partial charge < -0.3 is 14.3 Å². The van der Waals surface area contributed by atoms with Gasteiger partial charge in [-0.05, 0) is 122 Å². The van der Waals surface area contributed by atoms with E-state index < -0.39 is 0 Å². The monoisotopic (exact) mass is 992 g/mol. The van der Waals surface area contributed by atoms with Crippen LogP contribution in [-0.2, 0) is 16.2 Å². The Hall–Kier alpha value is -7.38. The minimum Gasteiger partial charge on any atom is -0.455 e. The molecular formula is C68H57BN2OS2. The van der Waals surface area contributed by atoms with E-state index in [1.807, 2.05) is 22.7 Å². The molecule has 0 fully saturated rings. The van der Waals surface area contributed by atoms with Crippen LogP contribution in [0.2, 0.25) is 0 Å². The summed E-state index contributed by atoms with van der Waals surface area (Å²) in [5.41, 5.74) is 20.4. The number of aromatic nitrogens is 1. The smallest absolute Gasteiger partial charge is 0.198 e. The molecule has 1 aliphatic heterocycles. The Morgan fingerprint density at radius 3 is 1.82 bits per heavy atom. The molecule has 0 atom stereocenters. The lowest BCUT2D eigenvalue weighted by Crippen LogP contribution is -2.37. The van der Waals surface area contributed by atoms with E-state index in [4.69, 9.17) is 4.42 Å². The highest BCUT2D eigenvalue weighted by Crippen LogP contribution is 2.51. The molecule has 0 amide bonds. The van der Waals surface area contributed by atoms with E-state index in [2.05, 4.69) is 242 Å². The maximum absolute atomic E-state index is 7.35. The van der Waals surface area contributed by atoms with Gasteiger partial charge in [0.2, 0.25) is 0 Å². The number of thiophene rings is 2. The van der Waals surface area contributed by atoms with Crippen LogP contribution in [0, 0.1) is 0 Å². The van der Waals surface area contributed by atoms with E-state index >= 15 is 0 Å². The van der Waals surface area contributed by atoms with E-state index in [0.717, 1.165) is 35.2 Å².